The zero-order valence-corrected chi connectivity index (χ0v) is 11.8. The van der Waals surface area contributed by atoms with Gasteiger partial charge in [0, 0.05) is 23.9 Å². The molecule has 0 aliphatic rings. The van der Waals surface area contributed by atoms with Crippen molar-refractivity contribution in [3.8, 4) is 11.5 Å². The average Bonchev–Trinajstić information content (AvgIpc) is 2.30. The summed E-state index contributed by atoms with van der Waals surface area (Å²) in [6.07, 6.45) is 0.681. The molecule has 0 aliphatic heterocycles. The fourth-order valence-corrected chi connectivity index (χ4v) is 1.82. The maximum absolute atomic E-state index is 9.05. The predicted molar refractivity (Wildman–Crippen MR) is 73.7 cm³/mol. The van der Waals surface area contributed by atoms with Crippen molar-refractivity contribution in [2.24, 2.45) is 0 Å². The van der Waals surface area contributed by atoms with Crippen LogP contribution in [0.2, 0.25) is 0 Å². The number of anilines is 1. The highest BCUT2D eigenvalue weighted by Gasteiger charge is 2.18. The average molecular weight is 253 g/mol. The SMILES string of the molecule is COc1cc(C)c(NC(C)(C)CCO)cc1OC. The van der Waals surface area contributed by atoms with Crippen LogP contribution in [-0.4, -0.2) is 31.5 Å². The van der Waals surface area contributed by atoms with E-state index in [1.165, 1.54) is 0 Å². The molecule has 102 valence electrons. The number of aryl methyl sites for hydroxylation is 1. The van der Waals surface area contributed by atoms with Gasteiger partial charge in [0.1, 0.15) is 0 Å². The maximum atomic E-state index is 9.05. The van der Waals surface area contributed by atoms with Crippen molar-refractivity contribution in [2.75, 3.05) is 26.1 Å². The quantitative estimate of drug-likeness (QED) is 0.818. The molecule has 0 aromatic heterocycles. The lowest BCUT2D eigenvalue weighted by Crippen LogP contribution is -2.32. The van der Waals surface area contributed by atoms with E-state index in [0.717, 1.165) is 17.0 Å². The van der Waals surface area contributed by atoms with E-state index in [1.807, 2.05) is 19.1 Å². The third kappa shape index (κ3) is 3.53. The van der Waals surface area contributed by atoms with E-state index in [1.54, 1.807) is 14.2 Å². The minimum absolute atomic E-state index is 0.159. The van der Waals surface area contributed by atoms with Crippen LogP contribution >= 0.6 is 0 Å². The highest BCUT2D eigenvalue weighted by Crippen LogP contribution is 2.34. The number of methoxy groups -OCH3 is 2. The summed E-state index contributed by atoms with van der Waals surface area (Å²) >= 11 is 0. The Balaban J connectivity index is 3.02. The fourth-order valence-electron chi connectivity index (χ4n) is 1.82. The van der Waals surface area contributed by atoms with Crippen molar-refractivity contribution < 1.29 is 14.6 Å². The molecule has 0 unspecified atom stereocenters. The molecule has 18 heavy (non-hydrogen) atoms. The third-order valence-electron chi connectivity index (χ3n) is 2.94. The van der Waals surface area contributed by atoms with Crippen molar-refractivity contribution in [3.05, 3.63) is 17.7 Å². The Morgan fingerprint density at radius 3 is 2.22 bits per heavy atom. The number of rotatable bonds is 6. The molecule has 1 aromatic carbocycles. The van der Waals surface area contributed by atoms with Crippen LogP contribution in [0.4, 0.5) is 5.69 Å². The molecule has 1 rings (SSSR count). The molecule has 0 heterocycles. The second-order valence-corrected chi connectivity index (χ2v) is 5.00. The van der Waals surface area contributed by atoms with Crippen LogP contribution in [0.1, 0.15) is 25.8 Å². The number of ether oxygens (including phenoxy) is 2. The maximum Gasteiger partial charge on any atom is 0.162 e. The zero-order chi connectivity index (χ0) is 13.8. The van der Waals surface area contributed by atoms with Crippen LogP contribution in [0.15, 0.2) is 12.1 Å². The molecule has 0 bridgehead atoms. The predicted octanol–water partition coefficient (Wildman–Crippen LogP) is 2.59. The van der Waals surface area contributed by atoms with Gasteiger partial charge in [0.25, 0.3) is 0 Å². The largest absolute Gasteiger partial charge is 0.493 e. The molecule has 0 atom stereocenters. The van der Waals surface area contributed by atoms with Crippen molar-refractivity contribution in [1.29, 1.82) is 0 Å². The summed E-state index contributed by atoms with van der Waals surface area (Å²) in [6, 6.07) is 3.86. The summed E-state index contributed by atoms with van der Waals surface area (Å²) in [5.74, 6) is 1.42. The summed E-state index contributed by atoms with van der Waals surface area (Å²) in [4.78, 5) is 0. The summed E-state index contributed by atoms with van der Waals surface area (Å²) < 4.78 is 10.5. The van der Waals surface area contributed by atoms with Gasteiger partial charge >= 0.3 is 0 Å². The lowest BCUT2D eigenvalue weighted by molar-refractivity contribution is 0.261. The first-order valence-electron chi connectivity index (χ1n) is 6.05. The molecular formula is C14H23NO3. The zero-order valence-electron chi connectivity index (χ0n) is 11.8. The molecule has 0 saturated carbocycles. The minimum Gasteiger partial charge on any atom is -0.493 e. The standard InChI is InChI=1S/C14H23NO3/c1-10-8-12(17-4)13(18-5)9-11(10)15-14(2,3)6-7-16/h8-9,15-16H,6-7H2,1-5H3. The van der Waals surface area contributed by atoms with E-state index in [9.17, 15) is 0 Å². The van der Waals surface area contributed by atoms with E-state index in [0.29, 0.717) is 12.2 Å². The molecular weight excluding hydrogens is 230 g/mol. The van der Waals surface area contributed by atoms with E-state index < -0.39 is 0 Å². The molecule has 1 aromatic rings. The molecule has 0 amide bonds. The van der Waals surface area contributed by atoms with E-state index in [2.05, 4.69) is 19.2 Å². The third-order valence-corrected chi connectivity index (χ3v) is 2.94. The minimum atomic E-state index is -0.168. The van der Waals surface area contributed by atoms with Crippen LogP contribution < -0.4 is 14.8 Å². The smallest absolute Gasteiger partial charge is 0.162 e. The van der Waals surface area contributed by atoms with E-state index >= 15 is 0 Å². The summed E-state index contributed by atoms with van der Waals surface area (Å²) in [6.45, 7) is 6.28. The Morgan fingerprint density at radius 2 is 1.72 bits per heavy atom. The van der Waals surface area contributed by atoms with Gasteiger partial charge < -0.3 is 19.9 Å². The van der Waals surface area contributed by atoms with Gasteiger partial charge in [-0.2, -0.15) is 0 Å². The number of aliphatic hydroxyl groups is 1. The first-order valence-corrected chi connectivity index (χ1v) is 6.05. The van der Waals surface area contributed by atoms with Crippen molar-refractivity contribution >= 4 is 5.69 Å². The van der Waals surface area contributed by atoms with Crippen LogP contribution in [-0.2, 0) is 0 Å². The Hall–Kier alpha value is -1.42. The Bertz CT molecular complexity index is 402. The Morgan fingerprint density at radius 1 is 1.17 bits per heavy atom. The first kappa shape index (κ1) is 14.6. The van der Waals surface area contributed by atoms with Crippen LogP contribution in [0.5, 0.6) is 11.5 Å². The molecule has 4 nitrogen and oxygen atoms in total. The molecule has 4 heteroatoms. The van der Waals surface area contributed by atoms with Gasteiger partial charge in [-0.1, -0.05) is 0 Å². The number of hydrogen-bond donors (Lipinski definition) is 2. The van der Waals surface area contributed by atoms with Gasteiger partial charge in [-0.3, -0.25) is 0 Å². The van der Waals surface area contributed by atoms with Crippen molar-refractivity contribution in [2.45, 2.75) is 32.7 Å². The van der Waals surface area contributed by atoms with Crippen LogP contribution in [0.3, 0.4) is 0 Å². The second kappa shape index (κ2) is 5.96. The topological polar surface area (TPSA) is 50.7 Å². The first-order chi connectivity index (χ1) is 8.43. The lowest BCUT2D eigenvalue weighted by atomic mass is 10.00. The van der Waals surface area contributed by atoms with Gasteiger partial charge in [0.2, 0.25) is 0 Å². The molecule has 2 N–H and O–H groups in total. The van der Waals surface area contributed by atoms with E-state index in [4.69, 9.17) is 14.6 Å². The lowest BCUT2D eigenvalue weighted by Gasteiger charge is -2.28. The van der Waals surface area contributed by atoms with Crippen molar-refractivity contribution in [3.63, 3.8) is 0 Å². The van der Waals surface area contributed by atoms with Crippen molar-refractivity contribution in [1.82, 2.24) is 0 Å². The molecule has 0 radical (unpaired) electrons. The second-order valence-electron chi connectivity index (χ2n) is 5.00. The highest BCUT2D eigenvalue weighted by molar-refractivity contribution is 5.61. The number of hydrogen-bond acceptors (Lipinski definition) is 4. The molecule has 0 aliphatic carbocycles. The fraction of sp³-hybridized carbons (Fsp3) is 0.571. The number of benzene rings is 1. The molecule has 0 spiro atoms. The number of aliphatic hydroxyl groups excluding tert-OH is 1. The van der Waals surface area contributed by atoms with Gasteiger partial charge in [-0.05, 0) is 38.8 Å². The van der Waals surface area contributed by atoms with Crippen LogP contribution in [0, 0.1) is 6.92 Å². The number of nitrogens with one attached hydrogen (secondary N) is 1. The van der Waals surface area contributed by atoms with E-state index in [-0.39, 0.29) is 12.1 Å². The normalized spacial score (nSPS) is 11.2. The Kier molecular flexibility index (Phi) is 4.84. The highest BCUT2D eigenvalue weighted by atomic mass is 16.5. The van der Waals surface area contributed by atoms with Crippen LogP contribution in [0.25, 0.3) is 0 Å². The van der Waals surface area contributed by atoms with Gasteiger partial charge in [-0.15, -0.1) is 0 Å². The molecule has 0 saturated heterocycles. The summed E-state index contributed by atoms with van der Waals surface area (Å²) in [5, 5.41) is 12.5. The summed E-state index contributed by atoms with van der Waals surface area (Å²) in [5.41, 5.74) is 1.91. The summed E-state index contributed by atoms with van der Waals surface area (Å²) in [7, 11) is 3.25. The monoisotopic (exact) mass is 253 g/mol. The van der Waals surface area contributed by atoms with Gasteiger partial charge in [0.05, 0.1) is 14.2 Å². The Labute approximate surface area is 109 Å². The van der Waals surface area contributed by atoms with Gasteiger partial charge in [0.15, 0.2) is 11.5 Å². The molecule has 0 fully saturated rings. The van der Waals surface area contributed by atoms with Gasteiger partial charge in [-0.25, -0.2) is 0 Å².